The molecular weight excluding hydrogens is 464 g/mol. The van der Waals surface area contributed by atoms with E-state index in [1.54, 1.807) is 6.07 Å². The second kappa shape index (κ2) is 9.69. The largest absolute Gasteiger partial charge is 0.490 e. The molecule has 2 N–H and O–H groups in total. The minimum absolute atomic E-state index is 0.0203. The van der Waals surface area contributed by atoms with Crippen molar-refractivity contribution in [3.05, 3.63) is 80.5 Å². The fraction of sp³-hybridized carbons (Fsp3) is 0.167. The predicted octanol–water partition coefficient (Wildman–Crippen LogP) is 2.20. The van der Waals surface area contributed by atoms with Gasteiger partial charge in [-0.3, -0.25) is 9.59 Å². The summed E-state index contributed by atoms with van der Waals surface area (Å²) in [6.07, 6.45) is -1.17. The zero-order valence-corrected chi connectivity index (χ0v) is 18.2. The predicted molar refractivity (Wildman–Crippen MR) is 120 cm³/mol. The lowest BCUT2D eigenvalue weighted by atomic mass is 10.2. The van der Waals surface area contributed by atoms with Crippen molar-refractivity contribution in [3.8, 4) is 11.5 Å². The van der Waals surface area contributed by atoms with E-state index in [1.165, 1.54) is 30.3 Å². The molecule has 0 aliphatic rings. The van der Waals surface area contributed by atoms with Gasteiger partial charge in [-0.2, -0.15) is 0 Å². The molecule has 1 atom stereocenters. The van der Waals surface area contributed by atoms with Crippen LogP contribution in [-0.2, 0) is 4.74 Å². The van der Waals surface area contributed by atoms with Crippen molar-refractivity contribution in [2.45, 2.75) is 6.10 Å². The molecule has 0 amide bonds. The van der Waals surface area contributed by atoms with Gasteiger partial charge in [-0.15, -0.1) is 0 Å². The molecular formula is C24H18O11. The second-order valence-corrected chi connectivity index (χ2v) is 7.28. The van der Waals surface area contributed by atoms with E-state index in [1.807, 2.05) is 0 Å². The fourth-order valence-electron chi connectivity index (χ4n) is 3.32. The van der Waals surface area contributed by atoms with Crippen LogP contribution >= 0.6 is 0 Å². The quantitative estimate of drug-likeness (QED) is 0.354. The number of carboxylic acids is 1. The van der Waals surface area contributed by atoms with Crippen LogP contribution in [0.2, 0.25) is 0 Å². The fourth-order valence-corrected chi connectivity index (χ4v) is 3.32. The Balaban J connectivity index is 1.49. The van der Waals surface area contributed by atoms with E-state index in [4.69, 9.17) is 23.4 Å². The number of benzene rings is 2. The summed E-state index contributed by atoms with van der Waals surface area (Å²) in [4.78, 5) is 47.6. The number of carboxylic acid groups (broad SMARTS) is 1. The van der Waals surface area contributed by atoms with Crippen LogP contribution in [-0.4, -0.2) is 48.6 Å². The van der Waals surface area contributed by atoms with E-state index in [-0.39, 0.29) is 52.4 Å². The Hall–Kier alpha value is -4.64. The highest BCUT2D eigenvalue weighted by Crippen LogP contribution is 2.25. The molecule has 0 spiro atoms. The van der Waals surface area contributed by atoms with Gasteiger partial charge in [0.1, 0.15) is 52.8 Å². The number of aliphatic hydroxyl groups excluding tert-OH is 1. The van der Waals surface area contributed by atoms with Gasteiger partial charge in [0, 0.05) is 12.1 Å². The average Bonchev–Trinajstić information content (AvgIpc) is 2.85. The monoisotopic (exact) mass is 482 g/mol. The summed E-state index contributed by atoms with van der Waals surface area (Å²) in [5.41, 5.74) is -1.02. The second-order valence-electron chi connectivity index (χ2n) is 7.28. The number of hydrogen-bond donors (Lipinski definition) is 2. The SMILES string of the molecule is COC(=O)c1cc(=O)c2c(OCC(O)COc3cccc4oc(C(=O)O)cc(=O)c34)cccc2o1. The van der Waals surface area contributed by atoms with Gasteiger partial charge in [0.2, 0.25) is 11.5 Å². The van der Waals surface area contributed by atoms with Gasteiger partial charge in [-0.1, -0.05) is 12.1 Å². The molecule has 35 heavy (non-hydrogen) atoms. The molecule has 0 aliphatic carbocycles. The smallest absolute Gasteiger partial charge is 0.374 e. The molecule has 1 unspecified atom stereocenters. The Morgan fingerprint density at radius 1 is 0.857 bits per heavy atom. The molecule has 11 nitrogen and oxygen atoms in total. The molecule has 0 saturated carbocycles. The van der Waals surface area contributed by atoms with E-state index in [0.29, 0.717) is 0 Å². The molecule has 2 aromatic carbocycles. The Morgan fingerprint density at radius 2 is 1.34 bits per heavy atom. The van der Waals surface area contributed by atoms with Gasteiger partial charge in [0.25, 0.3) is 0 Å². The first kappa shape index (κ1) is 23.5. The number of rotatable bonds is 8. The molecule has 0 radical (unpaired) electrons. The molecule has 4 aromatic rings. The highest BCUT2D eigenvalue weighted by Gasteiger charge is 2.18. The number of ether oxygens (including phenoxy) is 3. The van der Waals surface area contributed by atoms with Crippen LogP contribution in [0, 0.1) is 0 Å². The highest BCUT2D eigenvalue weighted by molar-refractivity contribution is 5.91. The van der Waals surface area contributed by atoms with Crippen molar-refractivity contribution in [1.29, 1.82) is 0 Å². The van der Waals surface area contributed by atoms with Crippen LogP contribution in [0.15, 0.2) is 67.0 Å². The summed E-state index contributed by atoms with van der Waals surface area (Å²) in [7, 11) is 1.16. The normalized spacial score (nSPS) is 11.8. The van der Waals surface area contributed by atoms with Crippen LogP contribution in [0.25, 0.3) is 21.9 Å². The molecule has 2 heterocycles. The van der Waals surface area contributed by atoms with Crippen molar-refractivity contribution in [1.82, 2.24) is 0 Å². The van der Waals surface area contributed by atoms with Crippen LogP contribution in [0.1, 0.15) is 21.1 Å². The van der Waals surface area contributed by atoms with E-state index < -0.39 is 34.7 Å². The van der Waals surface area contributed by atoms with Gasteiger partial charge in [-0.25, -0.2) is 9.59 Å². The van der Waals surface area contributed by atoms with Gasteiger partial charge in [0.05, 0.1) is 7.11 Å². The zero-order chi connectivity index (χ0) is 25.1. The number of methoxy groups -OCH3 is 1. The van der Waals surface area contributed by atoms with Crippen LogP contribution < -0.4 is 20.3 Å². The standard InChI is InChI=1S/C24H18O11/c1-31-24(30)20-9-14(27)22-16(5-3-7-18(22)35-20)33-11-12(25)10-32-15-4-2-6-17-21(15)13(26)8-19(34-17)23(28)29/h2-9,12,25H,10-11H2,1H3,(H,28,29). The lowest BCUT2D eigenvalue weighted by molar-refractivity contribution is 0.0564. The van der Waals surface area contributed by atoms with Gasteiger partial charge in [0.15, 0.2) is 10.9 Å². The molecule has 4 rings (SSSR count). The van der Waals surface area contributed by atoms with Gasteiger partial charge < -0.3 is 33.3 Å². The molecule has 0 saturated heterocycles. The highest BCUT2D eigenvalue weighted by atomic mass is 16.5. The summed E-state index contributed by atoms with van der Waals surface area (Å²) in [5.74, 6) is -2.74. The Morgan fingerprint density at radius 3 is 1.83 bits per heavy atom. The van der Waals surface area contributed by atoms with Crippen LogP contribution in [0.3, 0.4) is 0 Å². The van der Waals surface area contributed by atoms with Crippen molar-refractivity contribution in [2.24, 2.45) is 0 Å². The third-order valence-electron chi connectivity index (χ3n) is 4.89. The van der Waals surface area contributed by atoms with Crippen LogP contribution in [0.5, 0.6) is 11.5 Å². The molecule has 0 bridgehead atoms. The number of fused-ring (bicyclic) bond motifs is 2. The summed E-state index contributed by atoms with van der Waals surface area (Å²) in [6, 6.07) is 10.8. The Bertz CT molecular complexity index is 1550. The number of hydrogen-bond acceptors (Lipinski definition) is 10. The van der Waals surface area contributed by atoms with Crippen molar-refractivity contribution < 1.29 is 42.8 Å². The Kier molecular flexibility index (Phi) is 6.51. The first-order valence-corrected chi connectivity index (χ1v) is 10.2. The molecule has 0 fully saturated rings. The molecule has 0 aliphatic heterocycles. The summed E-state index contributed by atoms with van der Waals surface area (Å²) < 4.78 is 26.3. The summed E-state index contributed by atoms with van der Waals surface area (Å²) in [6.45, 7) is -0.565. The van der Waals surface area contributed by atoms with Crippen LogP contribution in [0.4, 0.5) is 0 Å². The van der Waals surface area contributed by atoms with Gasteiger partial charge >= 0.3 is 11.9 Å². The first-order chi connectivity index (χ1) is 16.8. The minimum Gasteiger partial charge on any atom is -0.490 e. The maximum atomic E-state index is 12.5. The number of aliphatic hydroxyl groups is 1. The van der Waals surface area contributed by atoms with E-state index in [2.05, 4.69) is 4.74 Å². The van der Waals surface area contributed by atoms with Crippen molar-refractivity contribution in [2.75, 3.05) is 20.3 Å². The van der Waals surface area contributed by atoms with Crippen molar-refractivity contribution >= 4 is 33.9 Å². The Labute approximate surface area is 195 Å². The lowest BCUT2D eigenvalue weighted by Crippen LogP contribution is -2.25. The van der Waals surface area contributed by atoms with E-state index >= 15 is 0 Å². The number of esters is 1. The van der Waals surface area contributed by atoms with Crippen molar-refractivity contribution in [3.63, 3.8) is 0 Å². The van der Waals surface area contributed by atoms with E-state index in [9.17, 15) is 24.3 Å². The third-order valence-corrected chi connectivity index (χ3v) is 4.89. The minimum atomic E-state index is -1.38. The molecule has 180 valence electrons. The maximum absolute atomic E-state index is 12.5. The lowest BCUT2D eigenvalue weighted by Gasteiger charge is -2.15. The van der Waals surface area contributed by atoms with E-state index in [0.717, 1.165) is 19.2 Å². The third kappa shape index (κ3) is 4.84. The molecule has 2 aromatic heterocycles. The summed E-state index contributed by atoms with van der Waals surface area (Å²) >= 11 is 0. The molecule has 11 heteroatoms. The first-order valence-electron chi connectivity index (χ1n) is 10.2. The topological polar surface area (TPSA) is 163 Å². The zero-order valence-electron chi connectivity index (χ0n) is 18.2. The number of carbonyl (C=O) groups is 2. The maximum Gasteiger partial charge on any atom is 0.374 e. The average molecular weight is 482 g/mol. The van der Waals surface area contributed by atoms with Gasteiger partial charge in [-0.05, 0) is 24.3 Å². The summed E-state index contributed by atoms with van der Waals surface area (Å²) in [5, 5.41) is 19.5. The number of carbonyl (C=O) groups excluding carboxylic acids is 1. The number of aromatic carboxylic acids is 1.